The molecule has 1 saturated carbocycles. The third-order valence-electron chi connectivity index (χ3n) is 2.83. The predicted molar refractivity (Wildman–Crippen MR) is 69.5 cm³/mol. The van der Waals surface area contributed by atoms with Gasteiger partial charge in [-0.25, -0.2) is 0 Å². The topological polar surface area (TPSA) is 71.9 Å². The molecule has 0 aliphatic heterocycles. The van der Waals surface area contributed by atoms with E-state index in [4.69, 9.17) is 14.5 Å². The minimum absolute atomic E-state index is 0.201. The first kappa shape index (κ1) is 12.2. The lowest BCUT2D eigenvalue weighted by Crippen LogP contribution is -1.99. The van der Waals surface area contributed by atoms with Gasteiger partial charge >= 0.3 is 0 Å². The van der Waals surface area contributed by atoms with Gasteiger partial charge < -0.3 is 9.26 Å². The Hall–Kier alpha value is -1.87. The minimum atomic E-state index is 0.201. The van der Waals surface area contributed by atoms with Crippen LogP contribution in [-0.4, -0.2) is 10.1 Å². The Labute approximate surface area is 118 Å². The number of halogens is 1. The summed E-state index contributed by atoms with van der Waals surface area (Å²) >= 11 is 3.31. The normalized spacial score (nSPS) is 14.1. The molecule has 0 unspecified atom stereocenters. The maximum absolute atomic E-state index is 9.02. The second kappa shape index (κ2) is 5.02. The van der Waals surface area contributed by atoms with Crippen molar-refractivity contribution in [2.45, 2.75) is 25.4 Å². The van der Waals surface area contributed by atoms with Crippen molar-refractivity contribution in [2.24, 2.45) is 0 Å². The Morgan fingerprint density at radius 3 is 3.05 bits per heavy atom. The monoisotopic (exact) mass is 319 g/mol. The number of rotatable bonds is 4. The highest BCUT2D eigenvalue weighted by molar-refractivity contribution is 9.10. The molecular weight excluding hydrogens is 310 g/mol. The molecular formula is C13H10BrN3O2. The van der Waals surface area contributed by atoms with Gasteiger partial charge in [0, 0.05) is 10.4 Å². The molecule has 5 nitrogen and oxygen atoms in total. The molecule has 96 valence electrons. The highest BCUT2D eigenvalue weighted by Crippen LogP contribution is 2.38. The lowest BCUT2D eigenvalue weighted by atomic mass is 10.2. The molecule has 1 aliphatic rings. The average molecular weight is 320 g/mol. The summed E-state index contributed by atoms with van der Waals surface area (Å²) in [6.07, 6.45) is 2.24. The first-order chi connectivity index (χ1) is 9.26. The van der Waals surface area contributed by atoms with Crippen LogP contribution in [0.25, 0.3) is 0 Å². The van der Waals surface area contributed by atoms with Gasteiger partial charge in [0.05, 0.1) is 5.56 Å². The van der Waals surface area contributed by atoms with Gasteiger partial charge in [-0.2, -0.15) is 10.2 Å². The minimum Gasteiger partial charge on any atom is -0.484 e. The third-order valence-corrected chi connectivity index (χ3v) is 3.32. The first-order valence-electron chi connectivity index (χ1n) is 5.91. The van der Waals surface area contributed by atoms with Crippen LogP contribution in [0.1, 0.15) is 36.0 Å². The fourth-order valence-electron chi connectivity index (χ4n) is 1.68. The van der Waals surface area contributed by atoms with E-state index in [-0.39, 0.29) is 6.61 Å². The maximum Gasteiger partial charge on any atom is 0.229 e. The molecule has 1 aromatic heterocycles. The van der Waals surface area contributed by atoms with Crippen LogP contribution in [0.15, 0.2) is 27.2 Å². The van der Waals surface area contributed by atoms with Crippen LogP contribution >= 0.6 is 15.9 Å². The third kappa shape index (κ3) is 2.76. The number of aromatic nitrogens is 2. The quantitative estimate of drug-likeness (QED) is 0.865. The van der Waals surface area contributed by atoms with Crippen molar-refractivity contribution >= 4 is 15.9 Å². The van der Waals surface area contributed by atoms with Crippen molar-refractivity contribution in [1.29, 1.82) is 5.26 Å². The molecule has 0 spiro atoms. The van der Waals surface area contributed by atoms with Crippen LogP contribution in [0, 0.1) is 11.3 Å². The van der Waals surface area contributed by atoms with Gasteiger partial charge in [-0.15, -0.1) is 0 Å². The second-order valence-corrected chi connectivity index (χ2v) is 5.28. The molecule has 0 bridgehead atoms. The zero-order valence-electron chi connectivity index (χ0n) is 9.97. The van der Waals surface area contributed by atoms with Crippen LogP contribution in [0.5, 0.6) is 5.75 Å². The predicted octanol–water partition coefficient (Wildman–Crippen LogP) is 3.16. The Balaban J connectivity index is 1.69. The van der Waals surface area contributed by atoms with E-state index in [2.05, 4.69) is 32.1 Å². The van der Waals surface area contributed by atoms with Crippen molar-refractivity contribution in [2.75, 3.05) is 0 Å². The SMILES string of the molecule is N#Cc1cc(Br)ccc1OCc1noc(C2CC2)n1. The molecule has 0 saturated heterocycles. The highest BCUT2D eigenvalue weighted by Gasteiger charge is 2.29. The zero-order valence-corrected chi connectivity index (χ0v) is 11.6. The molecule has 3 rings (SSSR count). The number of nitrogens with zero attached hydrogens (tertiary/aromatic N) is 3. The van der Waals surface area contributed by atoms with E-state index in [0.717, 1.165) is 17.3 Å². The van der Waals surface area contributed by atoms with Gasteiger partial charge in [0.1, 0.15) is 11.8 Å². The van der Waals surface area contributed by atoms with E-state index >= 15 is 0 Å². The van der Waals surface area contributed by atoms with E-state index < -0.39 is 0 Å². The maximum atomic E-state index is 9.02. The fourth-order valence-corrected chi connectivity index (χ4v) is 2.04. The number of hydrogen-bond donors (Lipinski definition) is 0. The van der Waals surface area contributed by atoms with Crippen molar-refractivity contribution in [1.82, 2.24) is 10.1 Å². The second-order valence-electron chi connectivity index (χ2n) is 4.36. The number of ether oxygens (including phenoxy) is 1. The largest absolute Gasteiger partial charge is 0.484 e. The summed E-state index contributed by atoms with van der Waals surface area (Å²) in [4.78, 5) is 4.27. The van der Waals surface area contributed by atoms with Crippen molar-refractivity contribution in [3.05, 3.63) is 40.0 Å². The summed E-state index contributed by atoms with van der Waals surface area (Å²) in [5.74, 6) is 2.15. The van der Waals surface area contributed by atoms with E-state index in [1.54, 1.807) is 12.1 Å². The summed E-state index contributed by atoms with van der Waals surface area (Å²) in [5.41, 5.74) is 0.472. The molecule has 19 heavy (non-hydrogen) atoms. The van der Waals surface area contributed by atoms with E-state index in [9.17, 15) is 0 Å². The van der Waals surface area contributed by atoms with Crippen LogP contribution in [-0.2, 0) is 6.61 Å². The van der Waals surface area contributed by atoms with Gasteiger partial charge in [0.2, 0.25) is 11.7 Å². The fraction of sp³-hybridized carbons (Fsp3) is 0.308. The zero-order chi connectivity index (χ0) is 13.2. The van der Waals surface area contributed by atoms with Crippen LogP contribution < -0.4 is 4.74 Å². The smallest absolute Gasteiger partial charge is 0.229 e. The van der Waals surface area contributed by atoms with Gasteiger partial charge in [-0.3, -0.25) is 0 Å². The van der Waals surface area contributed by atoms with Crippen LogP contribution in [0.2, 0.25) is 0 Å². The summed E-state index contributed by atoms with van der Waals surface area (Å²) < 4.78 is 11.5. The number of hydrogen-bond acceptors (Lipinski definition) is 5. The van der Waals surface area contributed by atoms with Gasteiger partial charge in [0.25, 0.3) is 0 Å². The Bertz CT molecular complexity index is 644. The molecule has 0 atom stereocenters. The standard InChI is InChI=1S/C13H10BrN3O2/c14-10-3-4-11(9(5-10)6-15)18-7-12-16-13(19-17-12)8-1-2-8/h3-5,8H,1-2,7H2. The van der Waals surface area contributed by atoms with Crippen LogP contribution in [0.4, 0.5) is 0 Å². The van der Waals surface area contributed by atoms with Gasteiger partial charge in [0.15, 0.2) is 6.61 Å². The molecule has 1 fully saturated rings. The molecule has 6 heteroatoms. The van der Waals surface area contributed by atoms with E-state index in [0.29, 0.717) is 28.9 Å². The van der Waals surface area contributed by atoms with E-state index in [1.165, 1.54) is 0 Å². The molecule has 1 heterocycles. The first-order valence-corrected chi connectivity index (χ1v) is 6.70. The van der Waals surface area contributed by atoms with Crippen molar-refractivity contribution < 1.29 is 9.26 Å². The summed E-state index contributed by atoms with van der Waals surface area (Å²) in [6, 6.07) is 7.36. The summed E-state index contributed by atoms with van der Waals surface area (Å²) in [5, 5.41) is 12.9. The Kier molecular flexibility index (Phi) is 3.22. The number of benzene rings is 1. The Morgan fingerprint density at radius 2 is 2.32 bits per heavy atom. The summed E-state index contributed by atoms with van der Waals surface area (Å²) in [6.45, 7) is 0.201. The van der Waals surface area contributed by atoms with Gasteiger partial charge in [-0.05, 0) is 31.0 Å². The van der Waals surface area contributed by atoms with Crippen molar-refractivity contribution in [3.63, 3.8) is 0 Å². The molecule has 0 N–H and O–H groups in total. The van der Waals surface area contributed by atoms with Crippen molar-refractivity contribution in [3.8, 4) is 11.8 Å². The Morgan fingerprint density at radius 1 is 1.47 bits per heavy atom. The number of nitriles is 1. The van der Waals surface area contributed by atoms with Gasteiger partial charge in [-0.1, -0.05) is 21.1 Å². The average Bonchev–Trinajstić information content (AvgIpc) is 3.17. The molecule has 1 aromatic carbocycles. The molecule has 0 amide bonds. The van der Waals surface area contributed by atoms with E-state index in [1.807, 2.05) is 6.07 Å². The lowest BCUT2D eigenvalue weighted by Gasteiger charge is -2.05. The molecule has 0 radical (unpaired) electrons. The molecule has 1 aliphatic carbocycles. The van der Waals surface area contributed by atoms with Crippen LogP contribution in [0.3, 0.4) is 0 Å². The highest BCUT2D eigenvalue weighted by atomic mass is 79.9. The lowest BCUT2D eigenvalue weighted by molar-refractivity contribution is 0.284. The summed E-state index contributed by atoms with van der Waals surface area (Å²) in [7, 11) is 0. The molecule has 2 aromatic rings.